The Hall–Kier alpha value is -0.0400. The minimum Gasteiger partial charge on any atom is -0.378 e. The van der Waals surface area contributed by atoms with Gasteiger partial charge in [-0.1, -0.05) is 19.3 Å². The topological polar surface area (TPSA) is 9.23 Å². The van der Waals surface area contributed by atoms with Crippen LogP contribution in [0, 0.1) is 5.92 Å². The Balaban J connectivity index is 1.91. The molecule has 0 aromatic carbocycles. The Kier molecular flexibility index (Phi) is 1.94. The normalized spacial score (nSPS) is 40.8. The summed E-state index contributed by atoms with van der Waals surface area (Å²) < 4.78 is 5.64. The summed E-state index contributed by atoms with van der Waals surface area (Å²) in [6.45, 7) is 1.06. The highest BCUT2D eigenvalue weighted by molar-refractivity contribution is 4.75. The fourth-order valence-corrected chi connectivity index (χ4v) is 2.16. The summed E-state index contributed by atoms with van der Waals surface area (Å²) in [6, 6.07) is 0. The first-order valence-electron chi connectivity index (χ1n) is 4.57. The molecule has 2 atom stereocenters. The van der Waals surface area contributed by atoms with E-state index in [1.807, 2.05) is 0 Å². The van der Waals surface area contributed by atoms with Crippen molar-refractivity contribution in [2.24, 2.45) is 5.92 Å². The molecule has 1 heteroatoms. The highest BCUT2D eigenvalue weighted by Crippen LogP contribution is 2.30. The monoisotopic (exact) mass is 140 g/mol. The third kappa shape index (κ3) is 1.34. The van der Waals surface area contributed by atoms with Gasteiger partial charge in [0.1, 0.15) is 0 Å². The molecule has 1 nitrogen and oxygen atoms in total. The van der Waals surface area contributed by atoms with Crippen LogP contribution in [0.1, 0.15) is 38.5 Å². The van der Waals surface area contributed by atoms with Crippen molar-refractivity contribution in [1.82, 2.24) is 0 Å². The van der Waals surface area contributed by atoms with Crippen LogP contribution in [0.5, 0.6) is 0 Å². The largest absolute Gasteiger partial charge is 0.378 e. The number of rotatable bonds is 0. The van der Waals surface area contributed by atoms with Gasteiger partial charge >= 0.3 is 0 Å². The van der Waals surface area contributed by atoms with Crippen molar-refractivity contribution in [3.63, 3.8) is 0 Å². The summed E-state index contributed by atoms with van der Waals surface area (Å²) in [5, 5.41) is 0. The van der Waals surface area contributed by atoms with Gasteiger partial charge in [-0.2, -0.15) is 0 Å². The van der Waals surface area contributed by atoms with Gasteiger partial charge in [0.25, 0.3) is 0 Å². The van der Waals surface area contributed by atoms with Crippen molar-refractivity contribution >= 4 is 0 Å². The zero-order valence-corrected chi connectivity index (χ0v) is 6.51. The van der Waals surface area contributed by atoms with Gasteiger partial charge in [-0.15, -0.1) is 0 Å². The lowest BCUT2D eigenvalue weighted by Crippen LogP contribution is -2.06. The zero-order valence-electron chi connectivity index (χ0n) is 6.51. The smallest absolute Gasteiger partial charge is 0.0578 e. The minimum absolute atomic E-state index is 0.644. The summed E-state index contributed by atoms with van der Waals surface area (Å²) >= 11 is 0. The quantitative estimate of drug-likeness (QED) is 0.502. The average Bonchev–Trinajstić information content (AvgIpc) is 2.30. The molecule has 0 radical (unpaired) electrons. The van der Waals surface area contributed by atoms with Gasteiger partial charge in [0, 0.05) is 6.61 Å². The molecular weight excluding hydrogens is 124 g/mol. The Bertz CT molecular complexity index is 99.3. The molecule has 1 saturated heterocycles. The van der Waals surface area contributed by atoms with Crippen LogP contribution in [0.3, 0.4) is 0 Å². The summed E-state index contributed by atoms with van der Waals surface area (Å²) in [5.41, 5.74) is 0. The van der Waals surface area contributed by atoms with E-state index in [0.717, 1.165) is 12.5 Å². The van der Waals surface area contributed by atoms with Crippen molar-refractivity contribution in [2.45, 2.75) is 44.6 Å². The van der Waals surface area contributed by atoms with Crippen molar-refractivity contribution < 1.29 is 4.74 Å². The predicted molar refractivity (Wildman–Crippen MR) is 40.9 cm³/mol. The molecule has 2 rings (SSSR count). The molecule has 2 fully saturated rings. The minimum atomic E-state index is 0.644. The van der Waals surface area contributed by atoms with Gasteiger partial charge < -0.3 is 4.74 Å². The van der Waals surface area contributed by atoms with E-state index in [9.17, 15) is 0 Å². The van der Waals surface area contributed by atoms with Crippen LogP contribution >= 0.6 is 0 Å². The molecule has 58 valence electrons. The maximum Gasteiger partial charge on any atom is 0.0578 e. The average molecular weight is 140 g/mol. The van der Waals surface area contributed by atoms with Crippen LogP contribution in [-0.4, -0.2) is 12.7 Å². The van der Waals surface area contributed by atoms with E-state index in [2.05, 4.69) is 0 Å². The highest BCUT2D eigenvalue weighted by Gasteiger charge is 2.25. The molecule has 10 heavy (non-hydrogen) atoms. The molecule has 0 aromatic heterocycles. The zero-order chi connectivity index (χ0) is 6.81. The molecule has 0 aromatic rings. The second kappa shape index (κ2) is 2.91. The number of hydrogen-bond acceptors (Lipinski definition) is 1. The van der Waals surface area contributed by atoms with Gasteiger partial charge in [0.15, 0.2) is 0 Å². The lowest BCUT2D eigenvalue weighted by atomic mass is 9.93. The van der Waals surface area contributed by atoms with Crippen molar-refractivity contribution in [1.29, 1.82) is 0 Å². The number of ether oxygens (including phenoxy) is 1. The Morgan fingerprint density at radius 3 is 2.90 bits per heavy atom. The molecule has 1 aliphatic heterocycles. The maximum absolute atomic E-state index is 5.64. The molecule has 0 amide bonds. The summed E-state index contributed by atoms with van der Waals surface area (Å²) in [7, 11) is 0. The number of fused-ring (bicyclic) bond motifs is 2. The van der Waals surface area contributed by atoms with Gasteiger partial charge in [0.05, 0.1) is 6.10 Å². The first kappa shape index (κ1) is 6.66. The first-order valence-corrected chi connectivity index (χ1v) is 4.57. The van der Waals surface area contributed by atoms with Gasteiger partial charge in [0.2, 0.25) is 0 Å². The lowest BCUT2D eigenvalue weighted by Gasteiger charge is -2.12. The third-order valence-electron chi connectivity index (χ3n) is 2.80. The van der Waals surface area contributed by atoms with E-state index in [-0.39, 0.29) is 0 Å². The third-order valence-corrected chi connectivity index (χ3v) is 2.80. The van der Waals surface area contributed by atoms with Gasteiger partial charge in [-0.3, -0.25) is 0 Å². The van der Waals surface area contributed by atoms with E-state index < -0.39 is 0 Å². The fraction of sp³-hybridized carbons (Fsp3) is 1.00. The van der Waals surface area contributed by atoms with Crippen LogP contribution < -0.4 is 0 Å². The SMILES string of the molecule is C1CCC2COC(CC1)C2. The molecule has 0 spiro atoms. The van der Waals surface area contributed by atoms with E-state index in [4.69, 9.17) is 4.74 Å². The second-order valence-electron chi connectivity index (χ2n) is 3.70. The summed E-state index contributed by atoms with van der Waals surface area (Å²) in [6.07, 6.45) is 9.05. The van der Waals surface area contributed by atoms with Crippen molar-refractivity contribution in [3.05, 3.63) is 0 Å². The lowest BCUT2D eigenvalue weighted by molar-refractivity contribution is 0.100. The fourth-order valence-electron chi connectivity index (χ4n) is 2.16. The molecule has 1 aliphatic carbocycles. The van der Waals surface area contributed by atoms with E-state index in [1.165, 1.54) is 38.5 Å². The Morgan fingerprint density at radius 2 is 1.90 bits per heavy atom. The molecule has 2 bridgehead atoms. The van der Waals surface area contributed by atoms with Crippen LogP contribution in [0.4, 0.5) is 0 Å². The van der Waals surface area contributed by atoms with Crippen molar-refractivity contribution in [2.75, 3.05) is 6.61 Å². The van der Waals surface area contributed by atoms with Crippen molar-refractivity contribution in [3.8, 4) is 0 Å². The van der Waals surface area contributed by atoms with Crippen LogP contribution in [-0.2, 0) is 4.74 Å². The molecule has 2 aliphatic rings. The Morgan fingerprint density at radius 1 is 1.00 bits per heavy atom. The van der Waals surface area contributed by atoms with E-state index >= 15 is 0 Å². The van der Waals surface area contributed by atoms with E-state index in [1.54, 1.807) is 0 Å². The van der Waals surface area contributed by atoms with Crippen LogP contribution in [0.2, 0.25) is 0 Å². The van der Waals surface area contributed by atoms with Crippen LogP contribution in [0.25, 0.3) is 0 Å². The summed E-state index contributed by atoms with van der Waals surface area (Å²) in [4.78, 5) is 0. The summed E-state index contributed by atoms with van der Waals surface area (Å²) in [5.74, 6) is 0.922. The standard InChI is InChI=1S/C9H16O/c1-2-4-8-6-9(5-3-1)10-7-8/h8-9H,1-7H2. The van der Waals surface area contributed by atoms with Gasteiger partial charge in [-0.25, -0.2) is 0 Å². The number of hydrogen-bond donors (Lipinski definition) is 0. The molecule has 0 N–H and O–H groups in total. The molecule has 1 saturated carbocycles. The highest BCUT2D eigenvalue weighted by atomic mass is 16.5. The molecular formula is C9H16O. The first-order chi connectivity index (χ1) is 4.95. The molecule has 1 heterocycles. The predicted octanol–water partition coefficient (Wildman–Crippen LogP) is 2.36. The van der Waals surface area contributed by atoms with E-state index in [0.29, 0.717) is 6.10 Å². The Labute approximate surface area is 62.8 Å². The van der Waals surface area contributed by atoms with Gasteiger partial charge in [-0.05, 0) is 25.2 Å². The molecule has 2 unspecified atom stereocenters. The maximum atomic E-state index is 5.64. The second-order valence-corrected chi connectivity index (χ2v) is 3.70. The van der Waals surface area contributed by atoms with Crippen LogP contribution in [0.15, 0.2) is 0 Å².